The predicted octanol–water partition coefficient (Wildman–Crippen LogP) is 3.65. The van der Waals surface area contributed by atoms with Gasteiger partial charge >= 0.3 is 11.9 Å². The number of hydrogen-bond donors (Lipinski definition) is 1. The summed E-state index contributed by atoms with van der Waals surface area (Å²) in [6.07, 6.45) is -0.00640. The molecule has 1 N–H and O–H groups in total. The molecule has 2 aliphatic heterocycles. The van der Waals surface area contributed by atoms with Crippen LogP contribution in [-0.4, -0.2) is 69.2 Å². The van der Waals surface area contributed by atoms with Crippen molar-refractivity contribution >= 4 is 35.6 Å². The zero-order valence-electron chi connectivity index (χ0n) is 23.1. The van der Waals surface area contributed by atoms with Gasteiger partial charge in [-0.2, -0.15) is 0 Å². The first kappa shape index (κ1) is 28.7. The second kappa shape index (κ2) is 10.3. The summed E-state index contributed by atoms with van der Waals surface area (Å²) in [5, 5.41) is 10.8. The smallest absolute Gasteiger partial charge is 0.314 e. The van der Waals surface area contributed by atoms with Crippen LogP contribution in [-0.2, 0) is 14.3 Å². The Kier molecular flexibility index (Phi) is 7.40. The van der Waals surface area contributed by atoms with Gasteiger partial charge < -0.3 is 9.84 Å². The van der Waals surface area contributed by atoms with Crippen LogP contribution in [0.2, 0.25) is 0 Å². The molecular weight excluding hydrogens is 516 g/mol. The van der Waals surface area contributed by atoms with Crippen molar-refractivity contribution in [2.75, 3.05) is 13.1 Å². The second-order valence-electron chi connectivity index (χ2n) is 11.7. The molecule has 0 bridgehead atoms. The van der Waals surface area contributed by atoms with Crippen LogP contribution in [0.1, 0.15) is 82.5 Å². The largest absolute Gasteiger partial charge is 0.481 e. The monoisotopic (exact) mass is 548 g/mol. The number of carbonyl (C=O) groups excluding carboxylic acids is 5. The molecule has 0 aliphatic carbocycles. The molecule has 2 heterocycles. The third-order valence-corrected chi connectivity index (χ3v) is 7.13. The van der Waals surface area contributed by atoms with Crippen molar-refractivity contribution in [3.63, 3.8) is 0 Å². The van der Waals surface area contributed by atoms with Crippen molar-refractivity contribution < 1.29 is 38.6 Å². The number of rotatable bonds is 9. The molecule has 10 nitrogen and oxygen atoms in total. The molecule has 0 saturated carbocycles. The number of carboxylic acids is 1. The van der Waals surface area contributed by atoms with Gasteiger partial charge in [0.25, 0.3) is 23.6 Å². The molecule has 2 aromatic carbocycles. The zero-order chi connectivity index (χ0) is 29.6. The molecule has 0 spiro atoms. The summed E-state index contributed by atoms with van der Waals surface area (Å²) in [5.41, 5.74) is -2.85. The van der Waals surface area contributed by atoms with Gasteiger partial charge in [0.2, 0.25) is 0 Å². The molecule has 210 valence electrons. The molecular formula is C30H32N2O8. The van der Waals surface area contributed by atoms with Gasteiger partial charge in [0, 0.05) is 13.1 Å². The van der Waals surface area contributed by atoms with E-state index in [-0.39, 0.29) is 34.6 Å². The van der Waals surface area contributed by atoms with Gasteiger partial charge in [-0.25, -0.2) is 0 Å². The zero-order valence-corrected chi connectivity index (χ0v) is 23.1. The maximum Gasteiger partial charge on any atom is 0.314 e. The van der Waals surface area contributed by atoms with E-state index in [0.29, 0.717) is 0 Å². The van der Waals surface area contributed by atoms with Crippen LogP contribution in [0, 0.1) is 17.3 Å². The number of ether oxygens (including phenoxy) is 1. The number of hydrogen-bond acceptors (Lipinski definition) is 7. The highest BCUT2D eigenvalue weighted by Gasteiger charge is 2.57. The third kappa shape index (κ3) is 5.01. The lowest BCUT2D eigenvalue weighted by Crippen LogP contribution is -2.59. The summed E-state index contributed by atoms with van der Waals surface area (Å²) < 4.78 is 5.64. The fourth-order valence-corrected chi connectivity index (χ4v) is 5.28. The number of benzene rings is 2. The van der Waals surface area contributed by atoms with E-state index in [1.807, 2.05) is 0 Å². The summed E-state index contributed by atoms with van der Waals surface area (Å²) in [7, 11) is 0. The minimum absolute atomic E-state index is 0.00640. The first-order valence-corrected chi connectivity index (χ1v) is 13.0. The predicted molar refractivity (Wildman–Crippen MR) is 142 cm³/mol. The van der Waals surface area contributed by atoms with E-state index in [4.69, 9.17) is 4.74 Å². The molecule has 10 heteroatoms. The van der Waals surface area contributed by atoms with Gasteiger partial charge in [0.05, 0.1) is 28.2 Å². The van der Waals surface area contributed by atoms with Crippen LogP contribution in [0.3, 0.4) is 0 Å². The molecule has 2 aromatic rings. The van der Waals surface area contributed by atoms with E-state index < -0.39 is 65.6 Å². The number of esters is 1. The highest BCUT2D eigenvalue weighted by atomic mass is 16.6. The van der Waals surface area contributed by atoms with Crippen molar-refractivity contribution in [2.45, 2.75) is 46.6 Å². The maximum atomic E-state index is 13.7. The molecule has 4 rings (SSSR count). The number of carboxylic acid groups (broad SMARTS) is 1. The molecule has 0 saturated heterocycles. The fraction of sp³-hybridized carbons (Fsp3) is 0.400. The quantitative estimate of drug-likeness (QED) is 0.370. The highest BCUT2D eigenvalue weighted by Crippen LogP contribution is 2.41. The van der Waals surface area contributed by atoms with Crippen molar-refractivity contribution in [2.24, 2.45) is 17.3 Å². The van der Waals surface area contributed by atoms with Crippen LogP contribution in [0.4, 0.5) is 0 Å². The van der Waals surface area contributed by atoms with Gasteiger partial charge in [-0.1, -0.05) is 38.1 Å². The Hall–Kier alpha value is -4.34. The molecule has 0 unspecified atom stereocenters. The third-order valence-electron chi connectivity index (χ3n) is 7.13. The second-order valence-corrected chi connectivity index (χ2v) is 11.7. The Labute approximate surface area is 231 Å². The lowest BCUT2D eigenvalue weighted by atomic mass is 9.70. The molecule has 0 fully saturated rings. The van der Waals surface area contributed by atoms with E-state index in [1.165, 1.54) is 24.3 Å². The molecule has 40 heavy (non-hydrogen) atoms. The molecule has 1 atom stereocenters. The summed E-state index contributed by atoms with van der Waals surface area (Å²) in [5.74, 6) is -6.93. The minimum atomic E-state index is -2.27. The number of fused-ring (bicyclic) bond motifs is 2. The first-order chi connectivity index (χ1) is 18.7. The first-order valence-electron chi connectivity index (χ1n) is 13.0. The van der Waals surface area contributed by atoms with Gasteiger partial charge in [0.1, 0.15) is 11.0 Å². The number of carbonyl (C=O) groups is 6. The topological polar surface area (TPSA) is 138 Å². The number of nitrogens with zero attached hydrogens (tertiary/aromatic N) is 2. The Bertz CT molecular complexity index is 1270. The number of imide groups is 2. The van der Waals surface area contributed by atoms with E-state index >= 15 is 0 Å². The Morgan fingerprint density at radius 1 is 0.750 bits per heavy atom. The summed E-state index contributed by atoms with van der Waals surface area (Å²) >= 11 is 0. The molecule has 2 aliphatic rings. The summed E-state index contributed by atoms with van der Waals surface area (Å²) in [6.45, 7) is 6.97. The normalized spacial score (nSPS) is 15.9. The van der Waals surface area contributed by atoms with E-state index in [9.17, 15) is 33.9 Å². The van der Waals surface area contributed by atoms with Gasteiger partial charge in [-0.15, -0.1) is 0 Å². The van der Waals surface area contributed by atoms with Gasteiger partial charge in [-0.3, -0.25) is 38.6 Å². The Morgan fingerprint density at radius 2 is 1.10 bits per heavy atom. The van der Waals surface area contributed by atoms with Crippen LogP contribution >= 0.6 is 0 Å². The van der Waals surface area contributed by atoms with Crippen molar-refractivity contribution in [1.29, 1.82) is 0 Å². The van der Waals surface area contributed by atoms with Crippen molar-refractivity contribution in [1.82, 2.24) is 9.80 Å². The van der Waals surface area contributed by atoms with Crippen LogP contribution in [0.15, 0.2) is 48.5 Å². The molecule has 0 aromatic heterocycles. The van der Waals surface area contributed by atoms with Crippen LogP contribution < -0.4 is 0 Å². The maximum absolute atomic E-state index is 13.7. The minimum Gasteiger partial charge on any atom is -0.481 e. The SMILES string of the molecule is CC(C)C[C@@H](C(=O)OC(C)(C)C)C(CN1C(=O)c2ccccc2C1=O)(CN1C(=O)c2ccccc2C1=O)C(=O)O. The highest BCUT2D eigenvalue weighted by molar-refractivity contribution is 6.22. The van der Waals surface area contributed by atoms with Crippen molar-refractivity contribution in [3.8, 4) is 0 Å². The average Bonchev–Trinajstić information content (AvgIpc) is 3.26. The van der Waals surface area contributed by atoms with Crippen LogP contribution in [0.5, 0.6) is 0 Å². The van der Waals surface area contributed by atoms with E-state index in [0.717, 1.165) is 9.80 Å². The molecule has 0 radical (unpaired) electrons. The standard InChI is InChI=1S/C30H32N2O8/c1-17(2)14-22(27(37)40-29(3,4)5)30(28(38)39,15-31-23(33)18-10-6-7-11-19(18)24(31)34)16-32-25(35)20-12-8-9-13-21(20)26(32)36/h6-13,17,22H,14-16H2,1-5H3,(H,38,39)/t22-/m0/s1. The van der Waals surface area contributed by atoms with Gasteiger partial charge in [0.15, 0.2) is 0 Å². The van der Waals surface area contributed by atoms with Crippen molar-refractivity contribution in [3.05, 3.63) is 70.8 Å². The summed E-state index contributed by atoms with van der Waals surface area (Å²) in [4.78, 5) is 82.0. The lowest BCUT2D eigenvalue weighted by molar-refractivity contribution is -0.175. The number of aliphatic carboxylic acids is 1. The average molecular weight is 549 g/mol. The van der Waals surface area contributed by atoms with Crippen LogP contribution in [0.25, 0.3) is 0 Å². The van der Waals surface area contributed by atoms with Gasteiger partial charge in [-0.05, 0) is 57.4 Å². The Morgan fingerprint density at radius 3 is 1.38 bits per heavy atom. The van der Waals surface area contributed by atoms with E-state index in [2.05, 4.69) is 0 Å². The fourth-order valence-electron chi connectivity index (χ4n) is 5.28. The van der Waals surface area contributed by atoms with E-state index in [1.54, 1.807) is 58.9 Å². The lowest BCUT2D eigenvalue weighted by Gasteiger charge is -2.41. The Balaban J connectivity index is 1.86. The molecule has 4 amide bonds. The summed E-state index contributed by atoms with van der Waals surface area (Å²) in [6, 6.07) is 12.2. The number of amides is 4.